The van der Waals surface area contributed by atoms with Crippen molar-refractivity contribution in [2.45, 2.75) is 44.8 Å². The normalized spacial score (nSPS) is 19.7. The zero-order chi connectivity index (χ0) is 15.1. The van der Waals surface area contributed by atoms with Gasteiger partial charge in [0.05, 0.1) is 15.7 Å². The quantitative estimate of drug-likeness (QED) is 0.933. The Morgan fingerprint density at radius 1 is 1.25 bits per heavy atom. The molecule has 1 aliphatic rings. The summed E-state index contributed by atoms with van der Waals surface area (Å²) in [6.07, 6.45) is -3.62. The van der Waals surface area contributed by atoms with Gasteiger partial charge in [-0.1, -0.05) is 6.07 Å². The van der Waals surface area contributed by atoms with Gasteiger partial charge in [-0.05, 0) is 45.4 Å². The summed E-state index contributed by atoms with van der Waals surface area (Å²) in [6, 6.07) is 4.26. The molecule has 2 rings (SSSR count). The average Bonchev–Trinajstić information content (AvgIpc) is 2.60. The monoisotopic (exact) mass is 305 g/mol. The zero-order valence-corrected chi connectivity index (χ0v) is 12.5. The summed E-state index contributed by atoms with van der Waals surface area (Å²) < 4.78 is 49.1. The number of ether oxygens (including phenoxy) is 2. The summed E-state index contributed by atoms with van der Waals surface area (Å²) in [5.41, 5.74) is 0.697. The van der Waals surface area contributed by atoms with Crippen LogP contribution in [0, 0.1) is 0 Å². The van der Waals surface area contributed by atoms with Crippen LogP contribution in [0.15, 0.2) is 18.2 Å². The Labute approximate surface area is 119 Å². The van der Waals surface area contributed by atoms with Gasteiger partial charge in [0, 0.05) is 6.04 Å². The fourth-order valence-electron chi connectivity index (χ4n) is 1.64. The van der Waals surface area contributed by atoms with Crippen LogP contribution < -0.4 is 14.2 Å². The zero-order valence-electron chi connectivity index (χ0n) is 11.7. The van der Waals surface area contributed by atoms with Crippen molar-refractivity contribution in [1.82, 2.24) is 4.72 Å². The molecule has 0 spiro atoms. The van der Waals surface area contributed by atoms with Crippen molar-refractivity contribution < 1.29 is 22.5 Å². The molecule has 0 bridgehead atoms. The molecule has 1 heterocycles. The maximum atomic E-state index is 12.9. The predicted molar refractivity (Wildman–Crippen MR) is 72.1 cm³/mol. The third-order valence-electron chi connectivity index (χ3n) is 2.77. The first-order chi connectivity index (χ1) is 9.08. The van der Waals surface area contributed by atoms with E-state index in [1.165, 1.54) is 12.1 Å². The van der Waals surface area contributed by atoms with Gasteiger partial charge in [0.1, 0.15) is 0 Å². The Kier molecular flexibility index (Phi) is 3.77. The fraction of sp³-hybridized carbons (Fsp3) is 0.538. The molecule has 2 atom stereocenters. The van der Waals surface area contributed by atoms with Crippen LogP contribution in [0.1, 0.15) is 39.3 Å². The second-order valence-electron chi connectivity index (χ2n) is 5.59. The molecule has 0 unspecified atom stereocenters. The maximum Gasteiger partial charge on any atom is 0.586 e. The van der Waals surface area contributed by atoms with E-state index in [9.17, 15) is 13.0 Å². The molecule has 1 aromatic carbocycles. The predicted octanol–water partition coefficient (Wildman–Crippen LogP) is 3.12. The third-order valence-corrected chi connectivity index (χ3v) is 4.45. The van der Waals surface area contributed by atoms with Gasteiger partial charge in [-0.15, -0.1) is 8.78 Å². The molecule has 4 nitrogen and oxygen atoms in total. The van der Waals surface area contributed by atoms with Crippen LogP contribution in [0.2, 0.25) is 0 Å². The Morgan fingerprint density at radius 2 is 1.85 bits per heavy atom. The summed E-state index contributed by atoms with van der Waals surface area (Å²) in [5, 5.41) is 0. The number of alkyl halides is 2. The highest BCUT2D eigenvalue weighted by atomic mass is 32.2. The lowest BCUT2D eigenvalue weighted by atomic mass is 10.1. The molecule has 1 aromatic rings. The number of hydrogen-bond donors (Lipinski definition) is 1. The lowest BCUT2D eigenvalue weighted by Gasteiger charge is -2.22. The smallest absolute Gasteiger partial charge is 0.395 e. The van der Waals surface area contributed by atoms with Gasteiger partial charge in [0.25, 0.3) is 0 Å². The van der Waals surface area contributed by atoms with Crippen LogP contribution in [0.4, 0.5) is 8.78 Å². The number of benzene rings is 1. The van der Waals surface area contributed by atoms with Crippen molar-refractivity contribution in [2.75, 3.05) is 0 Å². The second kappa shape index (κ2) is 4.96. The molecule has 0 fully saturated rings. The molecule has 0 aromatic heterocycles. The van der Waals surface area contributed by atoms with E-state index in [1.807, 2.05) is 20.8 Å². The van der Waals surface area contributed by atoms with Crippen LogP contribution in [0.25, 0.3) is 0 Å². The summed E-state index contributed by atoms with van der Waals surface area (Å²) >= 11 is 0. The summed E-state index contributed by atoms with van der Waals surface area (Å²) in [5.74, 6) is -0.00872. The van der Waals surface area contributed by atoms with Gasteiger partial charge in [0.15, 0.2) is 11.5 Å². The first-order valence-electron chi connectivity index (χ1n) is 6.16. The SMILES string of the molecule is C[C@@H](N[S@](=O)C(C)(C)C)c1ccc2c(c1)OC(F)(F)O2. The lowest BCUT2D eigenvalue weighted by molar-refractivity contribution is -0.286. The van der Waals surface area contributed by atoms with Crippen LogP contribution in [0.5, 0.6) is 11.5 Å². The Hall–Kier alpha value is -1.21. The summed E-state index contributed by atoms with van der Waals surface area (Å²) in [6.45, 7) is 7.36. The Balaban J connectivity index is 2.14. The number of hydrogen-bond acceptors (Lipinski definition) is 3. The van der Waals surface area contributed by atoms with E-state index in [0.29, 0.717) is 5.56 Å². The van der Waals surface area contributed by atoms with E-state index in [1.54, 1.807) is 13.0 Å². The highest BCUT2D eigenvalue weighted by molar-refractivity contribution is 7.84. The van der Waals surface area contributed by atoms with Crippen LogP contribution in [-0.4, -0.2) is 15.3 Å². The first kappa shape index (κ1) is 15.2. The Bertz CT molecular complexity index is 543. The number of rotatable bonds is 3. The minimum absolute atomic E-state index is 0.00268. The van der Waals surface area contributed by atoms with Gasteiger partial charge in [-0.25, -0.2) is 8.93 Å². The van der Waals surface area contributed by atoms with Gasteiger partial charge in [-0.2, -0.15) is 0 Å². The van der Waals surface area contributed by atoms with Crippen LogP contribution >= 0.6 is 0 Å². The highest BCUT2D eigenvalue weighted by Crippen LogP contribution is 2.42. The third kappa shape index (κ3) is 3.27. The maximum absolute atomic E-state index is 12.9. The molecule has 0 aliphatic carbocycles. The van der Waals surface area contributed by atoms with Gasteiger partial charge >= 0.3 is 6.29 Å². The molecule has 0 saturated heterocycles. The molecule has 20 heavy (non-hydrogen) atoms. The van der Waals surface area contributed by atoms with E-state index >= 15 is 0 Å². The largest absolute Gasteiger partial charge is 0.586 e. The topological polar surface area (TPSA) is 47.6 Å². The van der Waals surface area contributed by atoms with Crippen LogP contribution in [-0.2, 0) is 11.0 Å². The number of fused-ring (bicyclic) bond motifs is 1. The molecule has 0 amide bonds. The van der Waals surface area contributed by atoms with E-state index in [-0.39, 0.29) is 17.5 Å². The van der Waals surface area contributed by atoms with Crippen molar-refractivity contribution >= 4 is 11.0 Å². The second-order valence-corrected chi connectivity index (χ2v) is 7.59. The molecule has 112 valence electrons. The number of halogens is 2. The van der Waals surface area contributed by atoms with Crippen molar-refractivity contribution in [3.8, 4) is 11.5 Å². The summed E-state index contributed by atoms with van der Waals surface area (Å²) in [7, 11) is -1.25. The summed E-state index contributed by atoms with van der Waals surface area (Å²) in [4.78, 5) is 0. The first-order valence-corrected chi connectivity index (χ1v) is 7.31. The average molecular weight is 305 g/mol. The van der Waals surface area contributed by atoms with Crippen molar-refractivity contribution in [3.63, 3.8) is 0 Å². The minimum atomic E-state index is -3.62. The van der Waals surface area contributed by atoms with Gasteiger partial charge in [0.2, 0.25) is 0 Å². The number of nitrogens with one attached hydrogen (secondary N) is 1. The van der Waals surface area contributed by atoms with E-state index in [0.717, 1.165) is 0 Å². The van der Waals surface area contributed by atoms with Crippen LogP contribution in [0.3, 0.4) is 0 Å². The fourth-order valence-corrected chi connectivity index (χ4v) is 2.45. The highest BCUT2D eigenvalue weighted by Gasteiger charge is 2.43. The Morgan fingerprint density at radius 3 is 2.45 bits per heavy atom. The lowest BCUT2D eigenvalue weighted by Crippen LogP contribution is -2.34. The van der Waals surface area contributed by atoms with Gasteiger partial charge in [-0.3, -0.25) is 0 Å². The molecule has 1 N–H and O–H groups in total. The molecule has 7 heteroatoms. The van der Waals surface area contributed by atoms with Crippen molar-refractivity contribution in [1.29, 1.82) is 0 Å². The molecular weight excluding hydrogens is 288 g/mol. The van der Waals surface area contributed by atoms with E-state index in [2.05, 4.69) is 14.2 Å². The van der Waals surface area contributed by atoms with Crippen molar-refractivity contribution in [3.05, 3.63) is 23.8 Å². The molecular formula is C13H17F2NO3S. The standard InChI is InChI=1S/C13H17F2NO3S/c1-8(16-20(17)12(2,3)4)9-5-6-10-11(7-9)19-13(14,15)18-10/h5-8,16H,1-4H3/t8-,20-/m1/s1. The van der Waals surface area contributed by atoms with E-state index < -0.39 is 22.0 Å². The van der Waals surface area contributed by atoms with Crippen molar-refractivity contribution in [2.24, 2.45) is 0 Å². The molecule has 1 aliphatic heterocycles. The van der Waals surface area contributed by atoms with Gasteiger partial charge < -0.3 is 9.47 Å². The molecule has 0 radical (unpaired) electrons. The minimum Gasteiger partial charge on any atom is -0.395 e. The molecule has 0 saturated carbocycles. The van der Waals surface area contributed by atoms with E-state index in [4.69, 9.17) is 0 Å².